The lowest BCUT2D eigenvalue weighted by Gasteiger charge is -2.33. The summed E-state index contributed by atoms with van der Waals surface area (Å²) in [6, 6.07) is 1.22. The average Bonchev–Trinajstić information content (AvgIpc) is 2.58. The Labute approximate surface area is 137 Å². The van der Waals surface area contributed by atoms with Gasteiger partial charge < -0.3 is 19.9 Å². The molecule has 0 radical (unpaired) electrons. The van der Waals surface area contributed by atoms with Crippen LogP contribution in [0.5, 0.6) is 0 Å². The predicted octanol–water partition coefficient (Wildman–Crippen LogP) is 1.19. The molecule has 1 saturated heterocycles. The number of halogens is 1. The van der Waals surface area contributed by atoms with Gasteiger partial charge in [-0.25, -0.2) is 9.18 Å². The second kappa shape index (κ2) is 5.59. The summed E-state index contributed by atoms with van der Waals surface area (Å²) in [4.78, 5) is 25.8. The summed E-state index contributed by atoms with van der Waals surface area (Å²) in [5, 5.41) is 12.7. The van der Waals surface area contributed by atoms with Crippen LogP contribution < -0.4 is 15.6 Å². The van der Waals surface area contributed by atoms with Crippen molar-refractivity contribution in [3.63, 3.8) is 0 Å². The fourth-order valence-corrected chi connectivity index (χ4v) is 3.83. The van der Waals surface area contributed by atoms with E-state index in [1.54, 1.807) is 4.57 Å². The molecule has 0 unspecified atom stereocenters. The summed E-state index contributed by atoms with van der Waals surface area (Å²) in [6.45, 7) is 3.65. The van der Waals surface area contributed by atoms with Crippen LogP contribution in [-0.2, 0) is 13.0 Å². The maximum Gasteiger partial charge on any atom is 0.341 e. The van der Waals surface area contributed by atoms with Gasteiger partial charge in [0.1, 0.15) is 11.4 Å². The molecule has 2 aliphatic heterocycles. The number of aromatic nitrogens is 1. The minimum absolute atomic E-state index is 0.168. The van der Waals surface area contributed by atoms with E-state index < -0.39 is 17.2 Å². The number of carboxylic acids is 1. The highest BCUT2D eigenvalue weighted by molar-refractivity contribution is 5.95. The maximum absolute atomic E-state index is 14.9. The first-order valence-corrected chi connectivity index (χ1v) is 8.15. The van der Waals surface area contributed by atoms with Crippen molar-refractivity contribution in [2.45, 2.75) is 19.4 Å². The van der Waals surface area contributed by atoms with Crippen molar-refractivity contribution in [2.24, 2.45) is 0 Å². The van der Waals surface area contributed by atoms with Gasteiger partial charge in [-0.3, -0.25) is 4.79 Å². The normalized spacial score (nSPS) is 17.3. The number of benzene rings is 1. The number of rotatable bonds is 2. The molecule has 126 valence electrons. The zero-order chi connectivity index (χ0) is 16.8. The lowest BCUT2D eigenvalue weighted by Crippen LogP contribution is -2.44. The van der Waals surface area contributed by atoms with E-state index in [-0.39, 0.29) is 10.9 Å². The Hall–Kier alpha value is -2.41. The monoisotopic (exact) mass is 331 g/mol. The smallest absolute Gasteiger partial charge is 0.341 e. The molecule has 0 spiro atoms. The number of carboxylic acid groups (broad SMARTS) is 1. The molecule has 0 amide bonds. The van der Waals surface area contributed by atoms with Crippen LogP contribution in [0.2, 0.25) is 0 Å². The van der Waals surface area contributed by atoms with Crippen molar-refractivity contribution in [1.29, 1.82) is 0 Å². The molecule has 0 aliphatic carbocycles. The molecule has 2 N–H and O–H groups in total. The third-order valence-electron chi connectivity index (χ3n) is 4.87. The van der Waals surface area contributed by atoms with Gasteiger partial charge in [0.15, 0.2) is 0 Å². The molecular formula is C17H18FN3O3. The van der Waals surface area contributed by atoms with Gasteiger partial charge in [0.05, 0.1) is 11.2 Å². The molecule has 7 heteroatoms. The van der Waals surface area contributed by atoms with E-state index in [4.69, 9.17) is 0 Å². The number of carbonyl (C=O) groups is 1. The number of hydrogen-bond donors (Lipinski definition) is 2. The lowest BCUT2D eigenvalue weighted by atomic mass is 9.96. The quantitative estimate of drug-likeness (QED) is 0.865. The van der Waals surface area contributed by atoms with Gasteiger partial charge in [0, 0.05) is 49.9 Å². The summed E-state index contributed by atoms with van der Waals surface area (Å²) in [6.07, 6.45) is 2.89. The minimum atomic E-state index is -1.27. The van der Waals surface area contributed by atoms with Gasteiger partial charge in [-0.15, -0.1) is 0 Å². The number of nitrogens with one attached hydrogen (secondary N) is 1. The number of anilines is 1. The summed E-state index contributed by atoms with van der Waals surface area (Å²) < 4.78 is 16.7. The van der Waals surface area contributed by atoms with Crippen LogP contribution in [0.1, 0.15) is 22.3 Å². The number of aryl methyl sites for hydroxylation is 2. The molecular weight excluding hydrogens is 313 g/mol. The topological polar surface area (TPSA) is 74.6 Å². The third kappa shape index (κ3) is 2.19. The van der Waals surface area contributed by atoms with Crippen molar-refractivity contribution < 1.29 is 14.3 Å². The first kappa shape index (κ1) is 15.1. The van der Waals surface area contributed by atoms with Gasteiger partial charge in [-0.05, 0) is 18.9 Å². The SMILES string of the molecule is O=C(O)c1cn2c3c(c(N4CCNCC4)c(F)cc3c1=O)CCC2. The van der Waals surface area contributed by atoms with E-state index in [0.29, 0.717) is 37.3 Å². The van der Waals surface area contributed by atoms with Crippen LogP contribution in [0.15, 0.2) is 17.1 Å². The molecule has 0 bridgehead atoms. The zero-order valence-corrected chi connectivity index (χ0v) is 13.1. The minimum Gasteiger partial charge on any atom is -0.477 e. The molecule has 1 aromatic heterocycles. The van der Waals surface area contributed by atoms with Gasteiger partial charge >= 0.3 is 5.97 Å². The van der Waals surface area contributed by atoms with Crippen LogP contribution in [0.25, 0.3) is 10.9 Å². The first-order valence-electron chi connectivity index (χ1n) is 8.15. The Morgan fingerprint density at radius 1 is 1.25 bits per heavy atom. The average molecular weight is 331 g/mol. The van der Waals surface area contributed by atoms with E-state index in [2.05, 4.69) is 5.32 Å². The summed E-state index contributed by atoms with van der Waals surface area (Å²) in [5.74, 6) is -1.71. The van der Waals surface area contributed by atoms with E-state index in [0.717, 1.165) is 25.1 Å². The molecule has 2 aliphatic rings. The Balaban J connectivity index is 2.03. The van der Waals surface area contributed by atoms with E-state index >= 15 is 0 Å². The Morgan fingerprint density at radius 3 is 2.71 bits per heavy atom. The largest absolute Gasteiger partial charge is 0.477 e. The van der Waals surface area contributed by atoms with Gasteiger partial charge in [0.25, 0.3) is 0 Å². The predicted molar refractivity (Wildman–Crippen MR) is 88.5 cm³/mol. The molecule has 4 rings (SSSR count). The van der Waals surface area contributed by atoms with Crippen molar-refractivity contribution in [1.82, 2.24) is 9.88 Å². The number of piperazine rings is 1. The van der Waals surface area contributed by atoms with Crippen LogP contribution in [-0.4, -0.2) is 41.8 Å². The highest BCUT2D eigenvalue weighted by atomic mass is 19.1. The Morgan fingerprint density at radius 2 is 2.00 bits per heavy atom. The summed E-state index contributed by atoms with van der Waals surface area (Å²) in [5.41, 5.74) is 1.17. The van der Waals surface area contributed by atoms with Crippen molar-refractivity contribution in [2.75, 3.05) is 31.1 Å². The number of hydrogen-bond acceptors (Lipinski definition) is 4. The number of nitrogens with zero attached hydrogens (tertiary/aromatic N) is 2. The van der Waals surface area contributed by atoms with Gasteiger partial charge in [0.2, 0.25) is 5.43 Å². The highest BCUT2D eigenvalue weighted by Crippen LogP contribution is 2.35. The van der Waals surface area contributed by atoms with Crippen molar-refractivity contribution >= 4 is 22.6 Å². The standard InChI is InChI=1S/C17H18FN3O3/c18-13-8-11-14-10(15(13)20-6-3-19-4-7-20)2-1-5-21(14)9-12(16(11)22)17(23)24/h8-9,19H,1-7H2,(H,23,24). The molecule has 3 heterocycles. The van der Waals surface area contributed by atoms with E-state index in [9.17, 15) is 19.1 Å². The molecule has 6 nitrogen and oxygen atoms in total. The molecule has 24 heavy (non-hydrogen) atoms. The lowest BCUT2D eigenvalue weighted by molar-refractivity contribution is 0.0694. The number of aromatic carboxylic acids is 1. The molecule has 0 atom stereocenters. The first-order chi connectivity index (χ1) is 11.6. The summed E-state index contributed by atoms with van der Waals surface area (Å²) in [7, 11) is 0. The second-order valence-electron chi connectivity index (χ2n) is 6.29. The van der Waals surface area contributed by atoms with Crippen LogP contribution >= 0.6 is 0 Å². The molecule has 2 aromatic rings. The number of pyridine rings is 1. The second-order valence-corrected chi connectivity index (χ2v) is 6.29. The van der Waals surface area contributed by atoms with Crippen LogP contribution in [0, 0.1) is 5.82 Å². The van der Waals surface area contributed by atoms with Crippen molar-refractivity contribution in [3.8, 4) is 0 Å². The summed E-state index contributed by atoms with van der Waals surface area (Å²) >= 11 is 0. The zero-order valence-electron chi connectivity index (χ0n) is 13.1. The fourth-order valence-electron chi connectivity index (χ4n) is 3.83. The van der Waals surface area contributed by atoms with Gasteiger partial charge in [-0.2, -0.15) is 0 Å². The third-order valence-corrected chi connectivity index (χ3v) is 4.87. The van der Waals surface area contributed by atoms with Crippen LogP contribution in [0.4, 0.5) is 10.1 Å². The maximum atomic E-state index is 14.9. The van der Waals surface area contributed by atoms with Crippen LogP contribution in [0.3, 0.4) is 0 Å². The molecule has 1 fully saturated rings. The highest BCUT2D eigenvalue weighted by Gasteiger charge is 2.26. The fraction of sp³-hybridized carbons (Fsp3) is 0.412. The van der Waals surface area contributed by atoms with Gasteiger partial charge in [-0.1, -0.05) is 0 Å². The van der Waals surface area contributed by atoms with E-state index in [1.165, 1.54) is 12.3 Å². The Kier molecular flexibility index (Phi) is 3.53. The molecule has 1 aromatic carbocycles. The van der Waals surface area contributed by atoms with Crippen molar-refractivity contribution in [3.05, 3.63) is 39.4 Å². The van der Waals surface area contributed by atoms with E-state index in [1.807, 2.05) is 4.90 Å². The Bertz CT molecular complexity index is 900. The molecule has 0 saturated carbocycles.